The van der Waals surface area contributed by atoms with Crippen molar-refractivity contribution in [3.8, 4) is 6.07 Å². The van der Waals surface area contributed by atoms with Gasteiger partial charge in [0.2, 0.25) is 0 Å². The maximum Gasteiger partial charge on any atom is 0.155 e. The van der Waals surface area contributed by atoms with Gasteiger partial charge in [-0.3, -0.25) is 0 Å². The Morgan fingerprint density at radius 2 is 1.88 bits per heavy atom. The highest BCUT2D eigenvalue weighted by atomic mass is 32.2. The van der Waals surface area contributed by atoms with E-state index in [1.54, 1.807) is 0 Å². The van der Waals surface area contributed by atoms with Crippen LogP contribution in [0.5, 0.6) is 0 Å². The van der Waals surface area contributed by atoms with E-state index < -0.39 is 9.84 Å². The molecule has 2 rings (SSSR count). The third-order valence-electron chi connectivity index (χ3n) is 3.17. The predicted molar refractivity (Wildman–Crippen MR) is 65.8 cm³/mol. The van der Waals surface area contributed by atoms with Crippen LogP contribution in [0.1, 0.15) is 24.8 Å². The SMILES string of the molecule is N#CCC1(CS(=O)(=O)Cc2ccccc2)CC1. The number of nitrogens with zero attached hydrogens (tertiary/aromatic N) is 1. The molecule has 0 N–H and O–H groups in total. The third-order valence-corrected chi connectivity index (χ3v) is 4.99. The Balaban J connectivity index is 2.04. The average Bonchev–Trinajstić information content (AvgIpc) is 2.98. The minimum atomic E-state index is -3.10. The van der Waals surface area contributed by atoms with E-state index in [0.29, 0.717) is 6.42 Å². The van der Waals surface area contributed by atoms with Crippen molar-refractivity contribution >= 4 is 9.84 Å². The van der Waals surface area contributed by atoms with Crippen LogP contribution in [-0.2, 0) is 15.6 Å². The first kappa shape index (κ1) is 12.1. The molecule has 0 spiro atoms. The average molecular weight is 249 g/mol. The molecule has 90 valence electrons. The van der Waals surface area contributed by atoms with Crippen molar-refractivity contribution < 1.29 is 8.42 Å². The Hall–Kier alpha value is -1.34. The van der Waals surface area contributed by atoms with E-state index in [4.69, 9.17) is 5.26 Å². The Morgan fingerprint density at radius 3 is 2.41 bits per heavy atom. The van der Waals surface area contributed by atoms with Crippen molar-refractivity contribution in [3.05, 3.63) is 35.9 Å². The van der Waals surface area contributed by atoms with Crippen molar-refractivity contribution in [2.24, 2.45) is 5.41 Å². The summed E-state index contributed by atoms with van der Waals surface area (Å²) < 4.78 is 24.0. The fraction of sp³-hybridized carbons (Fsp3) is 0.462. The van der Waals surface area contributed by atoms with Crippen LogP contribution in [0.3, 0.4) is 0 Å². The standard InChI is InChI=1S/C13H15NO2S/c14-9-8-13(6-7-13)11-17(15,16)10-12-4-2-1-3-5-12/h1-5H,6-8,10-11H2. The second-order valence-electron chi connectivity index (χ2n) is 4.85. The topological polar surface area (TPSA) is 57.9 Å². The molecule has 0 aromatic heterocycles. The summed E-state index contributed by atoms with van der Waals surface area (Å²) in [6.45, 7) is 0. The summed E-state index contributed by atoms with van der Waals surface area (Å²) in [5.41, 5.74) is 0.586. The van der Waals surface area contributed by atoms with Crippen molar-refractivity contribution in [2.45, 2.75) is 25.0 Å². The van der Waals surface area contributed by atoms with E-state index in [1.807, 2.05) is 30.3 Å². The summed E-state index contributed by atoms with van der Waals surface area (Å²) in [7, 11) is -3.10. The summed E-state index contributed by atoms with van der Waals surface area (Å²) in [6, 6.07) is 11.3. The first-order valence-electron chi connectivity index (χ1n) is 5.67. The molecule has 1 aliphatic rings. The van der Waals surface area contributed by atoms with Crippen LogP contribution in [0, 0.1) is 16.7 Å². The summed E-state index contributed by atoms with van der Waals surface area (Å²) in [5.74, 6) is 0.240. The summed E-state index contributed by atoms with van der Waals surface area (Å²) in [4.78, 5) is 0. The minimum absolute atomic E-state index is 0.0843. The molecule has 3 nitrogen and oxygen atoms in total. The number of benzene rings is 1. The van der Waals surface area contributed by atoms with Crippen LogP contribution in [0.25, 0.3) is 0 Å². The summed E-state index contributed by atoms with van der Waals surface area (Å²) >= 11 is 0. The molecule has 4 heteroatoms. The minimum Gasteiger partial charge on any atom is -0.228 e. The maximum atomic E-state index is 12.0. The van der Waals surface area contributed by atoms with Gasteiger partial charge in [0, 0.05) is 6.42 Å². The van der Waals surface area contributed by atoms with E-state index in [1.165, 1.54) is 0 Å². The zero-order valence-corrected chi connectivity index (χ0v) is 10.4. The predicted octanol–water partition coefficient (Wildman–Crippen LogP) is 2.30. The van der Waals surface area contributed by atoms with Crippen LogP contribution in [0.2, 0.25) is 0 Å². The molecule has 0 bridgehead atoms. The van der Waals surface area contributed by atoms with Crippen molar-refractivity contribution in [1.29, 1.82) is 5.26 Å². The number of hydrogen-bond acceptors (Lipinski definition) is 3. The summed E-state index contributed by atoms with van der Waals surface area (Å²) in [6.07, 6.45) is 2.10. The lowest BCUT2D eigenvalue weighted by atomic mass is 10.1. The molecule has 1 aromatic rings. The van der Waals surface area contributed by atoms with Crippen molar-refractivity contribution in [1.82, 2.24) is 0 Å². The first-order valence-corrected chi connectivity index (χ1v) is 7.49. The molecule has 0 heterocycles. The van der Waals surface area contributed by atoms with Crippen molar-refractivity contribution in [2.75, 3.05) is 5.75 Å². The van der Waals surface area contributed by atoms with Gasteiger partial charge in [-0.25, -0.2) is 8.42 Å². The molecule has 0 aliphatic heterocycles. The van der Waals surface area contributed by atoms with Gasteiger partial charge in [0.1, 0.15) is 0 Å². The third kappa shape index (κ3) is 3.31. The fourth-order valence-corrected chi connectivity index (χ4v) is 4.19. The lowest BCUT2D eigenvalue weighted by Gasteiger charge is -2.11. The Morgan fingerprint density at radius 1 is 1.24 bits per heavy atom. The lowest BCUT2D eigenvalue weighted by molar-refractivity contribution is 0.547. The monoisotopic (exact) mass is 249 g/mol. The van der Waals surface area contributed by atoms with E-state index in [2.05, 4.69) is 6.07 Å². The van der Waals surface area contributed by atoms with Crippen LogP contribution >= 0.6 is 0 Å². The molecular formula is C13H15NO2S. The molecule has 0 radical (unpaired) electrons. The van der Waals surface area contributed by atoms with E-state index >= 15 is 0 Å². The molecular weight excluding hydrogens is 234 g/mol. The Bertz CT molecular complexity index is 524. The number of hydrogen-bond donors (Lipinski definition) is 0. The largest absolute Gasteiger partial charge is 0.228 e. The van der Waals surface area contributed by atoms with Gasteiger partial charge >= 0.3 is 0 Å². The second-order valence-corrected chi connectivity index (χ2v) is 6.92. The van der Waals surface area contributed by atoms with Crippen LogP contribution in [0.15, 0.2) is 30.3 Å². The second kappa shape index (κ2) is 4.50. The van der Waals surface area contributed by atoms with E-state index in [-0.39, 0.29) is 16.9 Å². The zero-order valence-electron chi connectivity index (χ0n) is 9.59. The van der Waals surface area contributed by atoms with Crippen LogP contribution < -0.4 is 0 Å². The molecule has 0 saturated heterocycles. The molecule has 17 heavy (non-hydrogen) atoms. The number of rotatable bonds is 5. The highest BCUT2D eigenvalue weighted by molar-refractivity contribution is 7.90. The van der Waals surface area contributed by atoms with Crippen molar-refractivity contribution in [3.63, 3.8) is 0 Å². The van der Waals surface area contributed by atoms with Gasteiger partial charge < -0.3 is 0 Å². The van der Waals surface area contributed by atoms with Gasteiger partial charge in [0.05, 0.1) is 17.6 Å². The highest BCUT2D eigenvalue weighted by Gasteiger charge is 2.45. The zero-order chi connectivity index (χ0) is 12.4. The van der Waals surface area contributed by atoms with E-state index in [9.17, 15) is 8.42 Å². The quantitative estimate of drug-likeness (QED) is 0.804. The van der Waals surface area contributed by atoms with Crippen LogP contribution in [0.4, 0.5) is 0 Å². The van der Waals surface area contributed by atoms with Gasteiger partial charge in [-0.2, -0.15) is 5.26 Å². The molecule has 1 fully saturated rings. The molecule has 0 unspecified atom stereocenters. The Labute approximate surface area is 102 Å². The molecule has 1 saturated carbocycles. The van der Waals surface area contributed by atoms with Gasteiger partial charge in [0.25, 0.3) is 0 Å². The molecule has 0 amide bonds. The van der Waals surface area contributed by atoms with Gasteiger partial charge in [-0.05, 0) is 23.8 Å². The molecule has 1 aromatic carbocycles. The summed E-state index contributed by atoms with van der Waals surface area (Å²) in [5, 5.41) is 8.68. The van der Waals surface area contributed by atoms with Gasteiger partial charge in [0.15, 0.2) is 9.84 Å². The van der Waals surface area contributed by atoms with Gasteiger partial charge in [-0.1, -0.05) is 30.3 Å². The van der Waals surface area contributed by atoms with Gasteiger partial charge in [-0.15, -0.1) is 0 Å². The lowest BCUT2D eigenvalue weighted by Crippen LogP contribution is -2.18. The maximum absolute atomic E-state index is 12.0. The smallest absolute Gasteiger partial charge is 0.155 e. The normalized spacial score (nSPS) is 17.4. The highest BCUT2D eigenvalue weighted by Crippen LogP contribution is 2.49. The molecule has 0 atom stereocenters. The fourth-order valence-electron chi connectivity index (χ4n) is 2.06. The number of nitriles is 1. The van der Waals surface area contributed by atoms with Crippen LogP contribution in [-0.4, -0.2) is 14.2 Å². The first-order chi connectivity index (χ1) is 8.05. The van der Waals surface area contributed by atoms with E-state index in [0.717, 1.165) is 18.4 Å². The number of sulfone groups is 1. The Kier molecular flexibility index (Phi) is 3.21. The molecule has 1 aliphatic carbocycles.